The number of pyridine rings is 1. The van der Waals surface area contributed by atoms with Crippen LogP contribution >= 0.6 is 11.6 Å². The molecule has 0 fully saturated rings. The Kier molecular flexibility index (Phi) is 6.53. The van der Waals surface area contributed by atoms with Crippen LogP contribution in [0.4, 0.5) is 0 Å². The predicted molar refractivity (Wildman–Crippen MR) is 98.4 cm³/mol. The van der Waals surface area contributed by atoms with E-state index in [1.54, 1.807) is 30.5 Å². The van der Waals surface area contributed by atoms with Gasteiger partial charge in [-0.1, -0.05) is 29.8 Å². The Hall–Kier alpha value is -2.40. The summed E-state index contributed by atoms with van der Waals surface area (Å²) in [5.74, 6) is -0.341. The Morgan fingerprint density at radius 3 is 2.44 bits per heavy atom. The van der Waals surface area contributed by atoms with E-state index in [2.05, 4.69) is 10.3 Å². The fraction of sp³-hybridized carbons (Fsp3) is 0.316. The second-order valence-corrected chi connectivity index (χ2v) is 6.49. The number of halogens is 1. The van der Waals surface area contributed by atoms with Gasteiger partial charge in [-0.05, 0) is 43.7 Å². The number of amides is 1. The topological polar surface area (TPSA) is 63.5 Å². The van der Waals surface area contributed by atoms with Crippen LogP contribution in [-0.2, 0) is 4.79 Å². The van der Waals surface area contributed by atoms with Gasteiger partial charge < -0.3 is 5.32 Å². The van der Waals surface area contributed by atoms with Crippen molar-refractivity contribution < 1.29 is 9.59 Å². The van der Waals surface area contributed by atoms with E-state index in [4.69, 9.17) is 11.6 Å². The van der Waals surface area contributed by atoms with E-state index >= 15 is 0 Å². The van der Waals surface area contributed by atoms with Crippen molar-refractivity contribution >= 4 is 23.4 Å². The van der Waals surface area contributed by atoms with Crippen LogP contribution in [0.2, 0.25) is 5.02 Å². The summed E-state index contributed by atoms with van der Waals surface area (Å²) in [4.78, 5) is 28.8. The lowest BCUT2D eigenvalue weighted by molar-refractivity contribution is -0.119. The number of carbonyl (C=O) groups is 2. The third kappa shape index (κ3) is 5.57. The number of aromatic nitrogens is 1. The SMILES string of the molecule is CC(=O)NC(CC(=O)n1ccccc1=NC(C)C)c1ccc(Cl)cc1. The van der Waals surface area contributed by atoms with Gasteiger partial charge in [-0.15, -0.1) is 0 Å². The van der Waals surface area contributed by atoms with Crippen LogP contribution in [0.5, 0.6) is 0 Å². The van der Waals surface area contributed by atoms with Gasteiger partial charge in [0.25, 0.3) is 0 Å². The van der Waals surface area contributed by atoms with Gasteiger partial charge in [0.2, 0.25) is 11.8 Å². The van der Waals surface area contributed by atoms with Gasteiger partial charge in [0.1, 0.15) is 5.49 Å². The van der Waals surface area contributed by atoms with Crippen molar-refractivity contribution in [2.75, 3.05) is 0 Å². The molecular weight excluding hydrogens is 338 g/mol. The van der Waals surface area contributed by atoms with E-state index < -0.39 is 6.04 Å². The van der Waals surface area contributed by atoms with E-state index in [1.807, 2.05) is 32.0 Å². The molecule has 1 heterocycles. The molecule has 1 atom stereocenters. The summed E-state index contributed by atoms with van der Waals surface area (Å²) in [6.45, 7) is 5.34. The minimum Gasteiger partial charge on any atom is -0.349 e. The minimum absolute atomic E-state index is 0.0730. The maximum Gasteiger partial charge on any atom is 0.234 e. The summed E-state index contributed by atoms with van der Waals surface area (Å²) in [6, 6.07) is 12.2. The molecule has 0 bridgehead atoms. The van der Waals surface area contributed by atoms with Gasteiger partial charge in [-0.2, -0.15) is 0 Å². The van der Waals surface area contributed by atoms with E-state index in [0.717, 1.165) is 5.56 Å². The van der Waals surface area contributed by atoms with Crippen LogP contribution in [-0.4, -0.2) is 22.4 Å². The molecule has 1 aromatic carbocycles. The van der Waals surface area contributed by atoms with E-state index in [0.29, 0.717) is 10.5 Å². The summed E-state index contributed by atoms with van der Waals surface area (Å²) in [5, 5.41) is 3.43. The molecule has 25 heavy (non-hydrogen) atoms. The number of hydrogen-bond acceptors (Lipinski definition) is 3. The van der Waals surface area contributed by atoms with Crippen LogP contribution in [0.15, 0.2) is 53.7 Å². The molecule has 0 spiro atoms. The highest BCUT2D eigenvalue weighted by Gasteiger charge is 2.18. The lowest BCUT2D eigenvalue weighted by Gasteiger charge is -2.18. The molecule has 1 amide bonds. The average Bonchev–Trinajstić information content (AvgIpc) is 2.54. The molecule has 1 N–H and O–H groups in total. The van der Waals surface area contributed by atoms with Gasteiger partial charge in [0.05, 0.1) is 12.5 Å². The summed E-state index contributed by atoms with van der Waals surface area (Å²) in [7, 11) is 0. The first kappa shape index (κ1) is 18.9. The number of hydrogen-bond donors (Lipinski definition) is 1. The smallest absolute Gasteiger partial charge is 0.234 e. The molecule has 0 saturated heterocycles. The Balaban J connectivity index is 2.32. The second-order valence-electron chi connectivity index (χ2n) is 6.05. The summed E-state index contributed by atoms with van der Waals surface area (Å²) < 4.78 is 1.52. The molecule has 132 valence electrons. The monoisotopic (exact) mass is 359 g/mol. The van der Waals surface area contributed by atoms with Crippen molar-refractivity contribution in [3.8, 4) is 0 Å². The molecule has 5 nitrogen and oxygen atoms in total. The van der Waals surface area contributed by atoms with Crippen LogP contribution in [0, 0.1) is 0 Å². The highest BCUT2D eigenvalue weighted by atomic mass is 35.5. The van der Waals surface area contributed by atoms with Crippen molar-refractivity contribution in [3.05, 3.63) is 64.7 Å². The fourth-order valence-corrected chi connectivity index (χ4v) is 2.61. The number of carbonyl (C=O) groups excluding carboxylic acids is 2. The summed E-state index contributed by atoms with van der Waals surface area (Å²) >= 11 is 5.92. The van der Waals surface area contributed by atoms with Crippen molar-refractivity contribution in [3.63, 3.8) is 0 Å². The lowest BCUT2D eigenvalue weighted by atomic mass is 10.0. The average molecular weight is 360 g/mol. The van der Waals surface area contributed by atoms with Gasteiger partial charge in [0.15, 0.2) is 0 Å². The molecule has 0 radical (unpaired) electrons. The van der Waals surface area contributed by atoms with Crippen LogP contribution < -0.4 is 10.8 Å². The van der Waals surface area contributed by atoms with E-state index in [1.165, 1.54) is 11.5 Å². The Bertz CT molecular complexity index is 810. The Morgan fingerprint density at radius 2 is 1.84 bits per heavy atom. The molecule has 0 aliphatic carbocycles. The van der Waals surface area contributed by atoms with Crippen LogP contribution in [0.1, 0.15) is 43.6 Å². The molecule has 1 aromatic heterocycles. The van der Waals surface area contributed by atoms with Crippen molar-refractivity contribution in [1.29, 1.82) is 0 Å². The zero-order valence-corrected chi connectivity index (χ0v) is 15.3. The summed E-state index contributed by atoms with van der Waals surface area (Å²) in [5.41, 5.74) is 1.42. The number of nitrogens with one attached hydrogen (secondary N) is 1. The molecule has 2 rings (SSSR count). The zero-order chi connectivity index (χ0) is 18.4. The Labute approximate surface area is 152 Å². The fourth-order valence-electron chi connectivity index (χ4n) is 2.48. The largest absolute Gasteiger partial charge is 0.349 e. The normalized spacial score (nSPS) is 12.9. The third-order valence-corrected chi connectivity index (χ3v) is 3.78. The molecule has 1 unspecified atom stereocenters. The summed E-state index contributed by atoms with van der Waals surface area (Å²) in [6.07, 6.45) is 1.81. The second kappa shape index (κ2) is 8.62. The quantitative estimate of drug-likeness (QED) is 0.889. The van der Waals surface area contributed by atoms with Crippen LogP contribution in [0.3, 0.4) is 0 Å². The van der Waals surface area contributed by atoms with E-state index in [-0.39, 0.29) is 24.3 Å². The van der Waals surface area contributed by atoms with E-state index in [9.17, 15) is 9.59 Å². The van der Waals surface area contributed by atoms with Crippen molar-refractivity contribution in [1.82, 2.24) is 9.88 Å². The first-order chi connectivity index (χ1) is 11.9. The van der Waals surface area contributed by atoms with Crippen molar-refractivity contribution in [2.24, 2.45) is 4.99 Å². The van der Waals surface area contributed by atoms with Gasteiger partial charge in [-0.3, -0.25) is 19.1 Å². The van der Waals surface area contributed by atoms with Crippen LogP contribution in [0.25, 0.3) is 0 Å². The molecule has 0 aliphatic rings. The highest BCUT2D eigenvalue weighted by Crippen LogP contribution is 2.20. The first-order valence-electron chi connectivity index (χ1n) is 8.14. The molecular formula is C19H22ClN3O2. The zero-order valence-electron chi connectivity index (χ0n) is 14.6. The maximum atomic E-state index is 12.8. The third-order valence-electron chi connectivity index (χ3n) is 3.53. The molecule has 2 aromatic rings. The number of benzene rings is 1. The number of nitrogens with zero attached hydrogens (tertiary/aromatic N) is 2. The minimum atomic E-state index is -0.429. The van der Waals surface area contributed by atoms with Crippen molar-refractivity contribution in [2.45, 2.75) is 39.3 Å². The first-order valence-corrected chi connectivity index (χ1v) is 8.52. The highest BCUT2D eigenvalue weighted by molar-refractivity contribution is 6.30. The maximum absolute atomic E-state index is 12.8. The van der Waals surface area contributed by atoms with Gasteiger partial charge in [0, 0.05) is 24.2 Å². The molecule has 6 heteroatoms. The lowest BCUT2D eigenvalue weighted by Crippen LogP contribution is -2.33. The van der Waals surface area contributed by atoms with Gasteiger partial charge >= 0.3 is 0 Å². The number of rotatable bonds is 5. The standard InChI is InChI=1S/C19H22ClN3O2/c1-13(2)21-18-6-4-5-11-23(18)19(25)12-17(22-14(3)24)15-7-9-16(20)10-8-15/h4-11,13,17H,12H2,1-3H3,(H,22,24). The molecule has 0 saturated carbocycles. The Morgan fingerprint density at radius 1 is 1.16 bits per heavy atom. The predicted octanol–water partition coefficient (Wildman–Crippen LogP) is 3.36. The molecule has 0 aliphatic heterocycles. The van der Waals surface area contributed by atoms with Gasteiger partial charge in [-0.25, -0.2) is 0 Å².